The van der Waals surface area contributed by atoms with Gasteiger partial charge in [0.2, 0.25) is 0 Å². The third-order valence-corrected chi connectivity index (χ3v) is 2.32. The first-order valence-corrected chi connectivity index (χ1v) is 4.59. The summed E-state index contributed by atoms with van der Waals surface area (Å²) >= 11 is 0. The van der Waals surface area contributed by atoms with Crippen LogP contribution in [0.2, 0.25) is 0 Å². The van der Waals surface area contributed by atoms with Crippen LogP contribution in [0.3, 0.4) is 0 Å². The van der Waals surface area contributed by atoms with E-state index in [0.717, 1.165) is 12.7 Å². The van der Waals surface area contributed by atoms with E-state index in [1.807, 2.05) is 0 Å². The van der Waals surface area contributed by atoms with Crippen molar-refractivity contribution in [2.45, 2.75) is 25.6 Å². The molecule has 1 rings (SSSR count). The predicted octanol–water partition coefficient (Wildman–Crippen LogP) is 3.11. The van der Waals surface area contributed by atoms with Crippen LogP contribution in [-0.4, -0.2) is 19.4 Å². The molecule has 0 amide bonds. The molecule has 4 heteroatoms. The van der Waals surface area contributed by atoms with Crippen molar-refractivity contribution in [1.29, 1.82) is 0 Å². The minimum atomic E-state index is -4.31. The summed E-state index contributed by atoms with van der Waals surface area (Å²) in [6.45, 7) is 1.79. The van der Waals surface area contributed by atoms with E-state index in [1.54, 1.807) is 31.2 Å². The number of halogens is 3. The molecule has 0 saturated heterocycles. The van der Waals surface area contributed by atoms with Crippen LogP contribution < -0.4 is 0 Å². The van der Waals surface area contributed by atoms with Gasteiger partial charge < -0.3 is 4.74 Å². The van der Waals surface area contributed by atoms with Crippen molar-refractivity contribution in [1.82, 2.24) is 0 Å². The molecule has 1 aromatic rings. The molecule has 0 bridgehead atoms. The van der Waals surface area contributed by atoms with Crippen molar-refractivity contribution in [3.8, 4) is 0 Å². The molecular formula is C11H13F3O. The Morgan fingerprint density at radius 1 is 1.27 bits per heavy atom. The molecule has 0 aliphatic rings. The Labute approximate surface area is 86.9 Å². The standard InChI is InChI=1S/C11H13F3O/c1-8-5-3-4-6-9(8)7-10(15-2)11(12,13)14/h3-6,10H,7H2,1-2H3. The van der Waals surface area contributed by atoms with Crippen molar-refractivity contribution in [3.63, 3.8) is 0 Å². The smallest absolute Gasteiger partial charge is 0.372 e. The van der Waals surface area contributed by atoms with Gasteiger partial charge in [-0.1, -0.05) is 24.3 Å². The molecule has 0 saturated carbocycles. The van der Waals surface area contributed by atoms with E-state index < -0.39 is 12.3 Å². The van der Waals surface area contributed by atoms with Gasteiger partial charge in [0.05, 0.1) is 0 Å². The van der Waals surface area contributed by atoms with Crippen molar-refractivity contribution in [3.05, 3.63) is 35.4 Å². The number of alkyl halides is 3. The Kier molecular flexibility index (Phi) is 3.74. The van der Waals surface area contributed by atoms with E-state index in [9.17, 15) is 13.2 Å². The molecule has 1 nitrogen and oxygen atoms in total. The van der Waals surface area contributed by atoms with Gasteiger partial charge in [-0.2, -0.15) is 13.2 Å². The van der Waals surface area contributed by atoms with Crippen LogP contribution in [0.25, 0.3) is 0 Å². The summed E-state index contributed by atoms with van der Waals surface area (Å²) in [6.07, 6.45) is -6.16. The van der Waals surface area contributed by atoms with Gasteiger partial charge in [-0.3, -0.25) is 0 Å². The summed E-state index contributed by atoms with van der Waals surface area (Å²) in [6, 6.07) is 7.01. The molecule has 0 N–H and O–H groups in total. The van der Waals surface area contributed by atoms with E-state index in [-0.39, 0.29) is 6.42 Å². The van der Waals surface area contributed by atoms with Crippen molar-refractivity contribution in [2.24, 2.45) is 0 Å². The second-order valence-corrected chi connectivity index (χ2v) is 3.40. The largest absolute Gasteiger partial charge is 0.414 e. The van der Waals surface area contributed by atoms with Crippen molar-refractivity contribution < 1.29 is 17.9 Å². The predicted molar refractivity (Wildman–Crippen MR) is 51.7 cm³/mol. The van der Waals surface area contributed by atoms with Gasteiger partial charge in [0.15, 0.2) is 6.10 Å². The number of methoxy groups -OCH3 is 1. The average Bonchev–Trinajstić information content (AvgIpc) is 2.14. The van der Waals surface area contributed by atoms with Crippen LogP contribution in [0.15, 0.2) is 24.3 Å². The molecule has 15 heavy (non-hydrogen) atoms. The van der Waals surface area contributed by atoms with Gasteiger partial charge in [0.1, 0.15) is 0 Å². The molecule has 0 fully saturated rings. The Balaban J connectivity index is 2.80. The summed E-state index contributed by atoms with van der Waals surface area (Å²) in [5.41, 5.74) is 1.52. The highest BCUT2D eigenvalue weighted by Gasteiger charge is 2.39. The number of hydrogen-bond donors (Lipinski definition) is 0. The van der Waals surface area contributed by atoms with Crippen LogP contribution in [0.4, 0.5) is 13.2 Å². The van der Waals surface area contributed by atoms with Crippen LogP contribution in [0.1, 0.15) is 11.1 Å². The second kappa shape index (κ2) is 4.66. The lowest BCUT2D eigenvalue weighted by atomic mass is 10.0. The monoisotopic (exact) mass is 218 g/mol. The zero-order valence-corrected chi connectivity index (χ0v) is 8.64. The Hall–Kier alpha value is -1.03. The number of ether oxygens (including phenoxy) is 1. The van der Waals surface area contributed by atoms with E-state index in [1.165, 1.54) is 0 Å². The fourth-order valence-corrected chi connectivity index (χ4v) is 1.37. The summed E-state index contributed by atoms with van der Waals surface area (Å²) in [5.74, 6) is 0. The molecule has 0 aromatic heterocycles. The van der Waals surface area contributed by atoms with E-state index >= 15 is 0 Å². The molecule has 1 aromatic carbocycles. The first-order chi connectivity index (χ1) is 6.95. The van der Waals surface area contributed by atoms with Crippen LogP contribution >= 0.6 is 0 Å². The molecule has 1 atom stereocenters. The number of rotatable bonds is 3. The van der Waals surface area contributed by atoms with E-state index in [2.05, 4.69) is 4.74 Å². The second-order valence-electron chi connectivity index (χ2n) is 3.40. The van der Waals surface area contributed by atoms with Gasteiger partial charge >= 0.3 is 6.18 Å². The summed E-state index contributed by atoms with van der Waals surface area (Å²) in [7, 11) is 1.08. The maximum absolute atomic E-state index is 12.4. The normalized spacial score (nSPS) is 13.9. The highest BCUT2D eigenvalue weighted by Crippen LogP contribution is 2.26. The quantitative estimate of drug-likeness (QED) is 0.757. The number of aryl methyl sites for hydroxylation is 1. The third kappa shape index (κ3) is 3.23. The van der Waals surface area contributed by atoms with Gasteiger partial charge in [-0.25, -0.2) is 0 Å². The maximum Gasteiger partial charge on any atom is 0.414 e. The average molecular weight is 218 g/mol. The Bertz CT molecular complexity index is 320. The number of hydrogen-bond acceptors (Lipinski definition) is 1. The van der Waals surface area contributed by atoms with Gasteiger partial charge in [0.25, 0.3) is 0 Å². The van der Waals surface area contributed by atoms with Crippen LogP contribution in [0.5, 0.6) is 0 Å². The first-order valence-electron chi connectivity index (χ1n) is 4.59. The highest BCUT2D eigenvalue weighted by atomic mass is 19.4. The molecular weight excluding hydrogens is 205 g/mol. The van der Waals surface area contributed by atoms with Crippen LogP contribution in [0, 0.1) is 6.92 Å². The molecule has 0 heterocycles. The van der Waals surface area contributed by atoms with Gasteiger partial charge in [-0.15, -0.1) is 0 Å². The van der Waals surface area contributed by atoms with Gasteiger partial charge in [0, 0.05) is 13.5 Å². The summed E-state index contributed by atoms with van der Waals surface area (Å²) in [5, 5.41) is 0. The van der Waals surface area contributed by atoms with Crippen molar-refractivity contribution >= 4 is 0 Å². The fraction of sp³-hybridized carbons (Fsp3) is 0.455. The number of benzene rings is 1. The Morgan fingerprint density at radius 3 is 2.33 bits per heavy atom. The molecule has 0 spiro atoms. The van der Waals surface area contributed by atoms with E-state index in [4.69, 9.17) is 0 Å². The molecule has 1 unspecified atom stereocenters. The lowest BCUT2D eigenvalue weighted by Gasteiger charge is -2.19. The maximum atomic E-state index is 12.4. The molecule has 0 aliphatic carbocycles. The summed E-state index contributed by atoms with van der Waals surface area (Å²) < 4.78 is 41.7. The van der Waals surface area contributed by atoms with E-state index in [0.29, 0.717) is 5.56 Å². The molecule has 0 aliphatic heterocycles. The Morgan fingerprint density at radius 2 is 1.87 bits per heavy atom. The SMILES string of the molecule is COC(Cc1ccccc1C)C(F)(F)F. The molecule has 0 radical (unpaired) electrons. The lowest BCUT2D eigenvalue weighted by Crippen LogP contribution is -2.32. The first kappa shape index (κ1) is 12.0. The summed E-state index contributed by atoms with van der Waals surface area (Å²) in [4.78, 5) is 0. The fourth-order valence-electron chi connectivity index (χ4n) is 1.37. The molecule has 84 valence electrons. The minimum Gasteiger partial charge on any atom is -0.372 e. The highest BCUT2D eigenvalue weighted by molar-refractivity contribution is 5.26. The third-order valence-electron chi connectivity index (χ3n) is 2.32. The zero-order chi connectivity index (χ0) is 11.5. The lowest BCUT2D eigenvalue weighted by molar-refractivity contribution is -0.212. The van der Waals surface area contributed by atoms with Crippen molar-refractivity contribution in [2.75, 3.05) is 7.11 Å². The topological polar surface area (TPSA) is 9.23 Å². The van der Waals surface area contributed by atoms with Crippen LogP contribution in [-0.2, 0) is 11.2 Å². The zero-order valence-electron chi connectivity index (χ0n) is 8.64. The minimum absolute atomic E-state index is 0.132. The van der Waals surface area contributed by atoms with Gasteiger partial charge in [-0.05, 0) is 18.1 Å².